The third kappa shape index (κ3) is 1.94. The van der Waals surface area contributed by atoms with E-state index in [1.54, 1.807) is 18.3 Å². The molecule has 0 aliphatic rings. The van der Waals surface area contributed by atoms with E-state index in [0.717, 1.165) is 16.5 Å². The molecule has 0 aliphatic carbocycles. The summed E-state index contributed by atoms with van der Waals surface area (Å²) in [6.07, 6.45) is 2.43. The van der Waals surface area contributed by atoms with E-state index in [0.29, 0.717) is 17.1 Å². The smallest absolute Gasteiger partial charge is 0.0707 e. The average molecular weight is 232 g/mol. The first kappa shape index (κ1) is 10.7. The van der Waals surface area contributed by atoms with Gasteiger partial charge in [-0.15, -0.1) is 0 Å². The Morgan fingerprint density at radius 3 is 2.94 bits per heavy atom. The third-order valence-corrected chi connectivity index (χ3v) is 2.55. The van der Waals surface area contributed by atoms with E-state index in [4.69, 9.17) is 17.1 Å². The van der Waals surface area contributed by atoms with E-state index in [9.17, 15) is 0 Å². The normalized spacial score (nSPS) is 10.1. The molecule has 1 aromatic heterocycles. The average Bonchev–Trinajstić information content (AvgIpc) is 2.30. The van der Waals surface area contributed by atoms with Gasteiger partial charge in [-0.3, -0.25) is 4.98 Å². The molecule has 0 bridgehead atoms. The molecule has 0 aliphatic heterocycles. The van der Waals surface area contributed by atoms with Crippen molar-refractivity contribution in [1.29, 1.82) is 0 Å². The van der Waals surface area contributed by atoms with E-state index >= 15 is 0 Å². The van der Waals surface area contributed by atoms with Crippen LogP contribution in [0.2, 0.25) is 5.02 Å². The molecule has 0 atom stereocenters. The molecule has 0 saturated carbocycles. The van der Waals surface area contributed by atoms with E-state index < -0.39 is 0 Å². The first-order valence-electron chi connectivity index (χ1n) is 4.67. The molecule has 2 rings (SSSR count). The van der Waals surface area contributed by atoms with Crippen LogP contribution in [0.15, 0.2) is 29.5 Å². The molecule has 0 N–H and O–H groups in total. The molecule has 0 spiro atoms. The van der Waals surface area contributed by atoms with E-state index in [-0.39, 0.29) is 0 Å². The molecule has 2 aromatic rings. The second-order valence-electron chi connectivity index (χ2n) is 3.28. The maximum absolute atomic E-state index is 8.37. The van der Waals surface area contributed by atoms with E-state index in [1.165, 1.54) is 0 Å². The minimum Gasteiger partial charge on any atom is -0.256 e. The standard InChI is InChI=1S/C11H8ClN4/c1-2-7-3-8-4-9(12)11(15-16-13)5-10(8)14-6-7/h3-6H,1-2H2. The Labute approximate surface area is 97.5 Å². The number of fused-ring (bicyclic) bond motifs is 1. The summed E-state index contributed by atoms with van der Waals surface area (Å²) < 4.78 is 0. The van der Waals surface area contributed by atoms with Gasteiger partial charge in [0.1, 0.15) is 0 Å². The van der Waals surface area contributed by atoms with Gasteiger partial charge in [-0.1, -0.05) is 16.7 Å². The van der Waals surface area contributed by atoms with Crippen molar-refractivity contribution in [3.63, 3.8) is 0 Å². The maximum atomic E-state index is 8.37. The zero-order chi connectivity index (χ0) is 11.5. The van der Waals surface area contributed by atoms with Crippen molar-refractivity contribution in [2.24, 2.45) is 5.11 Å². The van der Waals surface area contributed by atoms with Crippen molar-refractivity contribution in [3.05, 3.63) is 52.3 Å². The van der Waals surface area contributed by atoms with Crippen LogP contribution in [0.4, 0.5) is 5.69 Å². The SMILES string of the molecule is [CH2]Cc1cnc2cc(N=[N+]=[N-])c(Cl)cc2c1. The van der Waals surface area contributed by atoms with Crippen molar-refractivity contribution < 1.29 is 0 Å². The molecule has 1 aromatic carbocycles. The summed E-state index contributed by atoms with van der Waals surface area (Å²) in [5.41, 5.74) is 10.6. The molecule has 1 heterocycles. The molecular weight excluding hydrogens is 224 g/mol. The minimum absolute atomic E-state index is 0.395. The number of halogens is 1. The van der Waals surface area contributed by atoms with Gasteiger partial charge in [0.05, 0.1) is 16.2 Å². The highest BCUT2D eigenvalue weighted by molar-refractivity contribution is 6.33. The van der Waals surface area contributed by atoms with E-state index in [2.05, 4.69) is 21.9 Å². The highest BCUT2D eigenvalue weighted by Gasteiger charge is 2.03. The Morgan fingerprint density at radius 2 is 2.25 bits per heavy atom. The number of rotatable bonds is 2. The molecule has 0 saturated heterocycles. The van der Waals surface area contributed by atoms with Crippen LogP contribution in [-0.2, 0) is 6.42 Å². The van der Waals surface area contributed by atoms with Crippen LogP contribution in [-0.4, -0.2) is 4.98 Å². The van der Waals surface area contributed by atoms with Gasteiger partial charge in [0.25, 0.3) is 0 Å². The maximum Gasteiger partial charge on any atom is 0.0707 e. The van der Waals surface area contributed by atoms with Crippen LogP contribution in [0, 0.1) is 6.92 Å². The summed E-state index contributed by atoms with van der Waals surface area (Å²) in [4.78, 5) is 6.96. The first-order valence-corrected chi connectivity index (χ1v) is 5.05. The number of hydrogen-bond acceptors (Lipinski definition) is 2. The second-order valence-corrected chi connectivity index (χ2v) is 3.69. The molecule has 1 radical (unpaired) electrons. The van der Waals surface area contributed by atoms with Crippen molar-refractivity contribution in [2.75, 3.05) is 0 Å². The molecule has 0 unspecified atom stereocenters. The van der Waals surface area contributed by atoms with Crippen molar-refractivity contribution in [2.45, 2.75) is 6.42 Å². The Morgan fingerprint density at radius 1 is 1.44 bits per heavy atom. The number of azide groups is 1. The van der Waals surface area contributed by atoms with Gasteiger partial charge >= 0.3 is 0 Å². The Kier molecular flexibility index (Phi) is 2.95. The number of benzene rings is 1. The number of aromatic nitrogens is 1. The summed E-state index contributed by atoms with van der Waals surface area (Å²) >= 11 is 5.97. The van der Waals surface area contributed by atoms with Gasteiger partial charge in [-0.25, -0.2) is 0 Å². The quantitative estimate of drug-likeness (QED) is 0.434. The Hall–Kier alpha value is -1.77. The molecule has 4 nitrogen and oxygen atoms in total. The summed E-state index contributed by atoms with van der Waals surface area (Å²) in [6.45, 7) is 3.79. The number of nitrogens with zero attached hydrogens (tertiary/aromatic N) is 4. The summed E-state index contributed by atoms with van der Waals surface area (Å²) in [7, 11) is 0. The van der Waals surface area contributed by atoms with Gasteiger partial charge in [0.2, 0.25) is 0 Å². The Balaban J connectivity index is 2.68. The van der Waals surface area contributed by atoms with Gasteiger partial charge in [-0.2, -0.15) is 0 Å². The lowest BCUT2D eigenvalue weighted by Gasteiger charge is -2.03. The summed E-state index contributed by atoms with van der Waals surface area (Å²) in [6, 6.07) is 5.39. The van der Waals surface area contributed by atoms with Crippen molar-refractivity contribution >= 4 is 28.2 Å². The van der Waals surface area contributed by atoms with Gasteiger partial charge in [0.15, 0.2) is 0 Å². The lowest BCUT2D eigenvalue weighted by Crippen LogP contribution is -1.85. The number of hydrogen-bond donors (Lipinski definition) is 0. The second kappa shape index (κ2) is 4.39. The zero-order valence-electron chi connectivity index (χ0n) is 8.39. The lowest BCUT2D eigenvalue weighted by molar-refractivity contribution is 1.22. The predicted molar refractivity (Wildman–Crippen MR) is 64.6 cm³/mol. The van der Waals surface area contributed by atoms with Gasteiger partial charge in [0, 0.05) is 16.5 Å². The fourth-order valence-corrected chi connectivity index (χ4v) is 1.65. The molecule has 16 heavy (non-hydrogen) atoms. The van der Waals surface area contributed by atoms with Crippen LogP contribution in [0.25, 0.3) is 21.3 Å². The van der Waals surface area contributed by atoms with Gasteiger partial charge in [-0.05, 0) is 42.6 Å². The van der Waals surface area contributed by atoms with Crippen molar-refractivity contribution in [1.82, 2.24) is 4.98 Å². The van der Waals surface area contributed by atoms with Crippen LogP contribution < -0.4 is 0 Å². The van der Waals surface area contributed by atoms with Crippen molar-refractivity contribution in [3.8, 4) is 0 Å². The molecular formula is C11H8ClN4. The fraction of sp³-hybridized carbons (Fsp3) is 0.0909. The van der Waals surface area contributed by atoms with E-state index in [1.807, 2.05) is 6.07 Å². The first-order chi connectivity index (χ1) is 7.74. The summed E-state index contributed by atoms with van der Waals surface area (Å²) in [5.74, 6) is 0. The van der Waals surface area contributed by atoms with Crippen LogP contribution >= 0.6 is 11.6 Å². The Bertz CT molecular complexity index is 588. The monoisotopic (exact) mass is 231 g/mol. The topological polar surface area (TPSA) is 61.7 Å². The van der Waals surface area contributed by atoms with Gasteiger partial charge < -0.3 is 0 Å². The summed E-state index contributed by atoms with van der Waals surface area (Å²) in [5, 5.41) is 4.84. The van der Waals surface area contributed by atoms with Crippen LogP contribution in [0.1, 0.15) is 5.56 Å². The predicted octanol–water partition coefficient (Wildman–Crippen LogP) is 4.21. The van der Waals surface area contributed by atoms with Crippen LogP contribution in [0.3, 0.4) is 0 Å². The molecule has 5 heteroatoms. The third-order valence-electron chi connectivity index (χ3n) is 2.25. The number of pyridine rings is 1. The molecule has 0 amide bonds. The van der Waals surface area contributed by atoms with Crippen LogP contribution in [0.5, 0.6) is 0 Å². The molecule has 0 fully saturated rings. The fourth-order valence-electron chi connectivity index (χ4n) is 1.44. The minimum atomic E-state index is 0.395. The lowest BCUT2D eigenvalue weighted by atomic mass is 10.1. The zero-order valence-corrected chi connectivity index (χ0v) is 9.15. The highest BCUT2D eigenvalue weighted by atomic mass is 35.5. The molecule has 79 valence electrons. The largest absolute Gasteiger partial charge is 0.256 e. The highest BCUT2D eigenvalue weighted by Crippen LogP contribution is 2.29.